The van der Waals surface area contributed by atoms with E-state index in [1.165, 1.54) is 35.5 Å². The minimum Gasteiger partial charge on any atom is -0.459 e. The van der Waals surface area contributed by atoms with Crippen LogP contribution in [0.25, 0.3) is 10.8 Å². The summed E-state index contributed by atoms with van der Waals surface area (Å²) in [6.45, 7) is 1.89. The summed E-state index contributed by atoms with van der Waals surface area (Å²) in [7, 11) is 0. The van der Waals surface area contributed by atoms with E-state index in [4.69, 9.17) is 4.42 Å². The summed E-state index contributed by atoms with van der Waals surface area (Å²) in [5.41, 5.74) is 0.725. The molecule has 0 radical (unpaired) electrons. The van der Waals surface area contributed by atoms with E-state index in [-0.39, 0.29) is 12.3 Å². The molecule has 23 heavy (non-hydrogen) atoms. The summed E-state index contributed by atoms with van der Waals surface area (Å²) < 4.78 is 5.55. The number of nitrogens with one attached hydrogen (secondary N) is 1. The van der Waals surface area contributed by atoms with E-state index in [9.17, 15) is 4.79 Å². The molecule has 4 rings (SSSR count). The molecule has 1 aliphatic carbocycles. The van der Waals surface area contributed by atoms with Gasteiger partial charge in [0.05, 0.1) is 12.1 Å². The minimum atomic E-state index is -0.129. The second kappa shape index (κ2) is 5.86. The molecule has 0 atom stereocenters. The number of rotatable bonds is 5. The van der Waals surface area contributed by atoms with E-state index in [0.29, 0.717) is 11.0 Å². The van der Waals surface area contributed by atoms with Gasteiger partial charge in [-0.05, 0) is 31.9 Å². The highest BCUT2D eigenvalue weighted by Crippen LogP contribution is 2.42. The molecule has 1 saturated carbocycles. The topological polar surface area (TPSA) is 80.9 Å². The first kappa shape index (κ1) is 14.5. The van der Waals surface area contributed by atoms with Crippen molar-refractivity contribution in [2.75, 3.05) is 5.32 Å². The van der Waals surface area contributed by atoms with Crippen molar-refractivity contribution >= 4 is 33.7 Å². The Morgan fingerprint density at radius 1 is 1.39 bits per heavy atom. The first-order valence-corrected chi connectivity index (χ1v) is 9.01. The number of nitrogens with zero attached hydrogens (tertiary/aromatic N) is 3. The van der Waals surface area contributed by atoms with Crippen LogP contribution in [0.2, 0.25) is 0 Å². The zero-order valence-corrected chi connectivity index (χ0v) is 14.0. The predicted octanol–water partition coefficient (Wildman–Crippen LogP) is 3.62. The lowest BCUT2D eigenvalue weighted by Gasteiger charge is -1.98. The summed E-state index contributed by atoms with van der Waals surface area (Å²) in [5, 5.41) is 15.2. The number of aryl methyl sites for hydroxylation is 1. The second-order valence-electron chi connectivity index (χ2n) is 5.50. The van der Waals surface area contributed by atoms with Crippen LogP contribution in [-0.4, -0.2) is 21.1 Å². The highest BCUT2D eigenvalue weighted by Gasteiger charge is 2.27. The van der Waals surface area contributed by atoms with Crippen molar-refractivity contribution in [1.29, 1.82) is 0 Å². The highest BCUT2D eigenvalue weighted by molar-refractivity contribution is 7.15. The van der Waals surface area contributed by atoms with Gasteiger partial charge in [0, 0.05) is 11.3 Å². The number of carbonyl (C=O) groups excluding carboxylic acids is 1. The Hall–Kier alpha value is -2.06. The Kier molecular flexibility index (Phi) is 3.70. The Bertz CT molecular complexity index is 847. The third-order valence-corrected chi connectivity index (χ3v) is 5.36. The number of hydrogen-bond donors (Lipinski definition) is 1. The van der Waals surface area contributed by atoms with Gasteiger partial charge in [-0.1, -0.05) is 11.3 Å². The van der Waals surface area contributed by atoms with Crippen LogP contribution in [0.15, 0.2) is 21.9 Å². The van der Waals surface area contributed by atoms with Crippen molar-refractivity contribution in [2.24, 2.45) is 0 Å². The fraction of sp³-hybridized carbons (Fsp3) is 0.333. The standard InChI is InChI=1S/C15H14N4O2S2/c1-8-2-5-11(21-8)14-16-10(7-22-14)6-12(20)17-15-19-18-13(23-15)9-3-4-9/h2,5,7,9H,3-4,6H2,1H3,(H,17,19,20). The monoisotopic (exact) mass is 346 g/mol. The van der Waals surface area contributed by atoms with Crippen LogP contribution in [0.1, 0.15) is 35.2 Å². The van der Waals surface area contributed by atoms with E-state index < -0.39 is 0 Å². The normalized spacial score (nSPS) is 14.1. The minimum absolute atomic E-state index is 0.129. The summed E-state index contributed by atoms with van der Waals surface area (Å²) in [6.07, 6.45) is 2.57. The second-order valence-corrected chi connectivity index (χ2v) is 7.37. The van der Waals surface area contributed by atoms with Crippen LogP contribution in [0.5, 0.6) is 0 Å². The van der Waals surface area contributed by atoms with Crippen LogP contribution < -0.4 is 5.32 Å². The Labute approximate surface area is 140 Å². The zero-order chi connectivity index (χ0) is 15.8. The largest absolute Gasteiger partial charge is 0.459 e. The van der Waals surface area contributed by atoms with Crippen molar-refractivity contribution in [3.8, 4) is 10.8 Å². The Morgan fingerprint density at radius 3 is 3.00 bits per heavy atom. The fourth-order valence-corrected chi connectivity index (χ4v) is 3.87. The van der Waals surface area contributed by atoms with E-state index in [1.807, 2.05) is 24.4 Å². The molecule has 0 unspecified atom stereocenters. The summed E-state index contributed by atoms with van der Waals surface area (Å²) >= 11 is 2.93. The Balaban J connectivity index is 1.39. The van der Waals surface area contributed by atoms with Crippen molar-refractivity contribution < 1.29 is 9.21 Å². The number of carbonyl (C=O) groups is 1. The average Bonchev–Trinajstić information content (AvgIpc) is 2.91. The van der Waals surface area contributed by atoms with Gasteiger partial charge in [0.15, 0.2) is 10.8 Å². The van der Waals surface area contributed by atoms with Gasteiger partial charge >= 0.3 is 0 Å². The van der Waals surface area contributed by atoms with Crippen LogP contribution in [0, 0.1) is 6.92 Å². The zero-order valence-electron chi connectivity index (χ0n) is 12.4. The fourth-order valence-electron chi connectivity index (χ4n) is 2.16. The molecular formula is C15H14N4O2S2. The number of anilines is 1. The molecule has 0 aromatic carbocycles. The van der Waals surface area contributed by atoms with Crippen molar-refractivity contribution in [2.45, 2.75) is 32.1 Å². The molecule has 1 N–H and O–H groups in total. The Morgan fingerprint density at radius 2 is 2.26 bits per heavy atom. The van der Waals surface area contributed by atoms with Gasteiger partial charge in [-0.15, -0.1) is 21.5 Å². The SMILES string of the molecule is Cc1ccc(-c2nc(CC(=O)Nc3nnc(C4CC4)s3)cs2)o1. The van der Waals surface area contributed by atoms with Crippen LogP contribution in [0.4, 0.5) is 5.13 Å². The van der Waals surface area contributed by atoms with Gasteiger partial charge in [0.25, 0.3) is 0 Å². The predicted molar refractivity (Wildman–Crippen MR) is 88.8 cm³/mol. The maximum Gasteiger partial charge on any atom is 0.232 e. The van der Waals surface area contributed by atoms with Gasteiger partial charge < -0.3 is 9.73 Å². The van der Waals surface area contributed by atoms with Crippen LogP contribution >= 0.6 is 22.7 Å². The smallest absolute Gasteiger partial charge is 0.232 e. The molecule has 1 amide bonds. The maximum atomic E-state index is 12.1. The highest BCUT2D eigenvalue weighted by atomic mass is 32.1. The quantitative estimate of drug-likeness (QED) is 0.763. The molecule has 118 valence electrons. The van der Waals surface area contributed by atoms with Crippen molar-refractivity contribution in [1.82, 2.24) is 15.2 Å². The first-order chi connectivity index (χ1) is 11.2. The first-order valence-electron chi connectivity index (χ1n) is 7.32. The van der Waals surface area contributed by atoms with E-state index >= 15 is 0 Å². The molecule has 3 heterocycles. The summed E-state index contributed by atoms with van der Waals surface area (Å²) in [4.78, 5) is 16.5. The lowest BCUT2D eigenvalue weighted by molar-refractivity contribution is -0.115. The van der Waals surface area contributed by atoms with Crippen LogP contribution in [-0.2, 0) is 11.2 Å². The molecule has 0 bridgehead atoms. The maximum absolute atomic E-state index is 12.1. The number of hydrogen-bond acceptors (Lipinski definition) is 7. The molecule has 6 nitrogen and oxygen atoms in total. The molecule has 1 fully saturated rings. The molecule has 0 aliphatic heterocycles. The van der Waals surface area contributed by atoms with E-state index in [2.05, 4.69) is 20.5 Å². The van der Waals surface area contributed by atoms with Crippen molar-refractivity contribution in [3.63, 3.8) is 0 Å². The van der Waals surface area contributed by atoms with E-state index in [1.54, 1.807) is 0 Å². The number of thiazole rings is 1. The molecule has 0 spiro atoms. The average molecular weight is 346 g/mol. The van der Waals surface area contributed by atoms with Crippen LogP contribution in [0.3, 0.4) is 0 Å². The van der Waals surface area contributed by atoms with Gasteiger partial charge in [0.2, 0.25) is 11.0 Å². The molecule has 1 aliphatic rings. The van der Waals surface area contributed by atoms with E-state index in [0.717, 1.165) is 27.2 Å². The van der Waals surface area contributed by atoms with Gasteiger partial charge in [-0.3, -0.25) is 4.79 Å². The number of aromatic nitrogens is 3. The third-order valence-electron chi connectivity index (χ3n) is 3.46. The van der Waals surface area contributed by atoms with Gasteiger partial charge in [-0.2, -0.15) is 0 Å². The molecule has 3 aromatic heterocycles. The lowest BCUT2D eigenvalue weighted by atomic mass is 10.3. The molecule has 0 saturated heterocycles. The number of furan rings is 1. The van der Waals surface area contributed by atoms with Crippen molar-refractivity contribution in [3.05, 3.63) is 34.0 Å². The summed E-state index contributed by atoms with van der Waals surface area (Å²) in [5.74, 6) is 2.00. The third kappa shape index (κ3) is 3.32. The lowest BCUT2D eigenvalue weighted by Crippen LogP contribution is -2.14. The van der Waals surface area contributed by atoms with Gasteiger partial charge in [-0.25, -0.2) is 4.98 Å². The molecular weight excluding hydrogens is 332 g/mol. The molecule has 8 heteroatoms. The summed E-state index contributed by atoms with van der Waals surface area (Å²) in [6, 6.07) is 3.79. The molecule has 3 aromatic rings. The van der Waals surface area contributed by atoms with Gasteiger partial charge in [0.1, 0.15) is 10.8 Å². The number of amides is 1.